The summed E-state index contributed by atoms with van der Waals surface area (Å²) in [7, 11) is 0. The van der Waals surface area contributed by atoms with Gasteiger partial charge in [0.15, 0.2) is 0 Å². The lowest BCUT2D eigenvalue weighted by atomic mass is 9.85. The first-order valence-corrected chi connectivity index (χ1v) is 13.1. The molecule has 0 aromatic heterocycles. The van der Waals surface area contributed by atoms with Crippen molar-refractivity contribution in [2.75, 3.05) is 10.2 Å². The number of nitrogens with zero attached hydrogens (tertiary/aromatic N) is 1. The number of hydrogen-bond acceptors (Lipinski definition) is 4. The van der Waals surface area contributed by atoms with E-state index >= 15 is 0 Å². The number of carbonyl (C=O) groups is 3. The van der Waals surface area contributed by atoms with Gasteiger partial charge >= 0.3 is 0 Å². The Hall–Kier alpha value is -3.35. The zero-order valence-electron chi connectivity index (χ0n) is 19.7. The van der Waals surface area contributed by atoms with E-state index in [1.54, 1.807) is 18.2 Å². The van der Waals surface area contributed by atoms with E-state index in [0.29, 0.717) is 29.2 Å². The van der Waals surface area contributed by atoms with Crippen molar-refractivity contribution in [2.45, 2.75) is 29.9 Å². The smallest absolute Gasteiger partial charge is 0.242 e. The van der Waals surface area contributed by atoms with E-state index in [4.69, 9.17) is 11.6 Å². The number of fused-ring (bicyclic) bond motifs is 1. The number of allylic oxidation sites excluding steroid dienone is 2. The molecular formula is C29H25ClN2O3S. The molecule has 0 spiro atoms. The van der Waals surface area contributed by atoms with E-state index < -0.39 is 5.25 Å². The summed E-state index contributed by atoms with van der Waals surface area (Å²) < 4.78 is 0. The van der Waals surface area contributed by atoms with Crippen LogP contribution in [0.4, 0.5) is 11.4 Å². The number of amides is 3. The normalized spacial score (nSPS) is 19.8. The highest BCUT2D eigenvalue weighted by atomic mass is 35.5. The highest BCUT2D eigenvalue weighted by Crippen LogP contribution is 2.40. The number of rotatable bonds is 6. The Balaban J connectivity index is 1.37. The average Bonchev–Trinajstić information content (AvgIpc) is 3.16. The Bertz CT molecular complexity index is 1310. The molecule has 0 unspecified atom stereocenters. The van der Waals surface area contributed by atoms with Gasteiger partial charge in [-0.1, -0.05) is 60.2 Å². The summed E-state index contributed by atoms with van der Waals surface area (Å²) in [6.45, 7) is 1.87. The van der Waals surface area contributed by atoms with E-state index in [1.165, 1.54) is 16.7 Å². The van der Waals surface area contributed by atoms with Gasteiger partial charge in [-0.05, 0) is 67.3 Å². The minimum atomic E-state index is -0.514. The van der Waals surface area contributed by atoms with Crippen molar-refractivity contribution in [1.29, 1.82) is 0 Å². The monoisotopic (exact) mass is 516 g/mol. The minimum absolute atomic E-state index is 0.131. The second-order valence-corrected chi connectivity index (χ2v) is 10.6. The molecular weight excluding hydrogens is 492 g/mol. The number of carbonyl (C=O) groups excluding carboxylic acids is 3. The number of halogens is 1. The van der Waals surface area contributed by atoms with Crippen LogP contribution in [0.5, 0.6) is 0 Å². The molecule has 3 aromatic carbocycles. The largest absolute Gasteiger partial charge is 0.325 e. The maximum Gasteiger partial charge on any atom is 0.242 e. The summed E-state index contributed by atoms with van der Waals surface area (Å²) >= 11 is 7.65. The molecule has 1 saturated heterocycles. The molecule has 7 heteroatoms. The summed E-state index contributed by atoms with van der Waals surface area (Å²) in [5.41, 5.74) is 2.92. The fraction of sp³-hybridized carbons (Fsp3) is 0.207. The van der Waals surface area contributed by atoms with Gasteiger partial charge < -0.3 is 5.32 Å². The molecule has 1 N–H and O–H groups in total. The van der Waals surface area contributed by atoms with Crippen LogP contribution < -0.4 is 10.2 Å². The van der Waals surface area contributed by atoms with Crippen LogP contribution in [0.1, 0.15) is 29.2 Å². The molecule has 3 atom stereocenters. The molecule has 5 rings (SSSR count). The summed E-state index contributed by atoms with van der Waals surface area (Å²) in [6, 6.07) is 22.3. The van der Waals surface area contributed by atoms with Crippen LogP contribution in [-0.4, -0.2) is 17.7 Å². The number of nitrogens with one attached hydrogen (secondary N) is 1. The predicted octanol–water partition coefficient (Wildman–Crippen LogP) is 6.58. The lowest BCUT2D eigenvalue weighted by molar-refractivity contribution is -0.122. The number of hydrogen-bond donors (Lipinski definition) is 1. The van der Waals surface area contributed by atoms with Crippen molar-refractivity contribution in [3.63, 3.8) is 0 Å². The van der Waals surface area contributed by atoms with Gasteiger partial charge in [-0.2, -0.15) is 0 Å². The maximum absolute atomic E-state index is 13.4. The fourth-order valence-corrected chi connectivity index (χ4v) is 5.91. The Kier molecular flexibility index (Phi) is 6.99. The summed E-state index contributed by atoms with van der Waals surface area (Å²) in [6.07, 6.45) is 5.18. The van der Waals surface area contributed by atoms with Crippen LogP contribution in [0.15, 0.2) is 89.8 Å². The van der Waals surface area contributed by atoms with E-state index in [1.807, 2.05) is 73.7 Å². The van der Waals surface area contributed by atoms with Crippen molar-refractivity contribution in [3.05, 3.63) is 101 Å². The molecule has 1 heterocycles. The zero-order valence-corrected chi connectivity index (χ0v) is 21.3. The SMILES string of the molecule is Cc1c(Cl)cccc1NC(=O)[C@H](Sc1ccc(N2C(=O)[C@@H]3CC=CC[C@H]3C2=O)cc1)c1ccccc1. The third-order valence-electron chi connectivity index (χ3n) is 6.72. The molecule has 1 aliphatic carbocycles. The Morgan fingerprint density at radius 2 is 1.56 bits per heavy atom. The highest BCUT2D eigenvalue weighted by Gasteiger charge is 2.47. The molecule has 3 amide bonds. The Morgan fingerprint density at radius 3 is 2.19 bits per heavy atom. The van der Waals surface area contributed by atoms with E-state index in [0.717, 1.165) is 16.0 Å². The van der Waals surface area contributed by atoms with E-state index in [-0.39, 0.29) is 29.6 Å². The average molecular weight is 517 g/mol. The van der Waals surface area contributed by atoms with Crippen molar-refractivity contribution >= 4 is 52.5 Å². The summed E-state index contributed by atoms with van der Waals surface area (Å²) in [5, 5.41) is 3.10. The van der Waals surface area contributed by atoms with Gasteiger partial charge in [0.2, 0.25) is 17.7 Å². The minimum Gasteiger partial charge on any atom is -0.325 e. The summed E-state index contributed by atoms with van der Waals surface area (Å²) in [5.74, 6) is -0.959. The van der Waals surface area contributed by atoms with Crippen molar-refractivity contribution in [1.82, 2.24) is 0 Å². The molecule has 1 aliphatic heterocycles. The van der Waals surface area contributed by atoms with Crippen LogP contribution in [-0.2, 0) is 14.4 Å². The van der Waals surface area contributed by atoms with Crippen LogP contribution in [0.25, 0.3) is 0 Å². The zero-order chi connectivity index (χ0) is 25.2. The van der Waals surface area contributed by atoms with Gasteiger partial charge in [0.1, 0.15) is 5.25 Å². The molecule has 0 saturated carbocycles. The molecule has 1 fully saturated rings. The van der Waals surface area contributed by atoms with Crippen molar-refractivity contribution in [3.8, 4) is 0 Å². The van der Waals surface area contributed by atoms with Gasteiger partial charge in [-0.3, -0.25) is 19.3 Å². The van der Waals surface area contributed by atoms with Crippen LogP contribution in [0, 0.1) is 18.8 Å². The third-order valence-corrected chi connectivity index (χ3v) is 8.40. The van der Waals surface area contributed by atoms with E-state index in [9.17, 15) is 14.4 Å². The van der Waals surface area contributed by atoms with Crippen molar-refractivity contribution in [2.24, 2.45) is 11.8 Å². The number of anilines is 2. The number of imide groups is 1. The van der Waals surface area contributed by atoms with Crippen LogP contribution in [0.2, 0.25) is 5.02 Å². The molecule has 182 valence electrons. The number of benzene rings is 3. The van der Waals surface area contributed by atoms with E-state index in [2.05, 4.69) is 5.32 Å². The van der Waals surface area contributed by atoms with Gasteiger partial charge in [-0.25, -0.2) is 0 Å². The van der Waals surface area contributed by atoms with Crippen LogP contribution in [0.3, 0.4) is 0 Å². The second-order valence-electron chi connectivity index (χ2n) is 8.97. The summed E-state index contributed by atoms with van der Waals surface area (Å²) in [4.78, 5) is 41.4. The molecule has 2 aliphatic rings. The lowest BCUT2D eigenvalue weighted by Gasteiger charge is -2.19. The van der Waals surface area contributed by atoms with Gasteiger partial charge in [0.05, 0.1) is 17.5 Å². The molecule has 36 heavy (non-hydrogen) atoms. The quantitative estimate of drug-likeness (QED) is 0.228. The standard InChI is InChI=1S/C29H25ClN2O3S/c1-18-24(30)12-7-13-25(18)31-27(33)26(19-8-3-2-4-9-19)36-21-16-14-20(15-17-21)32-28(34)22-10-5-6-11-23(22)29(32)35/h2-9,12-17,22-23,26H,10-11H2,1H3,(H,31,33)/t22-,23-,26-/m1/s1. The lowest BCUT2D eigenvalue weighted by Crippen LogP contribution is -2.30. The highest BCUT2D eigenvalue weighted by molar-refractivity contribution is 8.00. The predicted molar refractivity (Wildman–Crippen MR) is 144 cm³/mol. The molecule has 0 bridgehead atoms. The maximum atomic E-state index is 13.4. The Labute approximate surface area is 219 Å². The Morgan fingerprint density at radius 1 is 0.917 bits per heavy atom. The number of thioether (sulfide) groups is 1. The van der Waals surface area contributed by atoms with Gasteiger partial charge in [0.25, 0.3) is 0 Å². The second kappa shape index (κ2) is 10.3. The first-order valence-electron chi connectivity index (χ1n) is 11.8. The third kappa shape index (κ3) is 4.71. The van der Waals surface area contributed by atoms with Gasteiger partial charge in [0, 0.05) is 15.6 Å². The molecule has 3 aromatic rings. The first kappa shape index (κ1) is 24.3. The van der Waals surface area contributed by atoms with Crippen LogP contribution >= 0.6 is 23.4 Å². The van der Waals surface area contributed by atoms with Crippen molar-refractivity contribution < 1.29 is 14.4 Å². The fourth-order valence-electron chi connectivity index (χ4n) is 4.71. The van der Waals surface area contributed by atoms with Gasteiger partial charge in [-0.15, -0.1) is 11.8 Å². The molecule has 5 nitrogen and oxygen atoms in total. The topological polar surface area (TPSA) is 66.5 Å². The molecule has 0 radical (unpaired) electrons. The first-order chi connectivity index (χ1) is 17.4.